The molecule has 0 fully saturated rings. The predicted molar refractivity (Wildman–Crippen MR) is 83.8 cm³/mol. The molecule has 0 bridgehead atoms. The topological polar surface area (TPSA) is 91.8 Å². The Hall–Kier alpha value is -2.76. The average molecular weight is 317 g/mol. The van der Waals surface area contributed by atoms with Crippen LogP contribution in [0.3, 0.4) is 0 Å². The lowest BCUT2D eigenvalue weighted by molar-refractivity contribution is -0.153. The Morgan fingerprint density at radius 2 is 1.87 bits per heavy atom. The summed E-state index contributed by atoms with van der Waals surface area (Å²) in [5, 5.41) is 0. The van der Waals surface area contributed by atoms with Crippen molar-refractivity contribution >= 4 is 11.9 Å². The lowest BCUT2D eigenvalue weighted by Crippen LogP contribution is -2.30. The highest BCUT2D eigenvalue weighted by molar-refractivity contribution is 5.81. The van der Waals surface area contributed by atoms with E-state index in [4.69, 9.17) is 19.6 Å². The Morgan fingerprint density at radius 1 is 1.17 bits per heavy atom. The van der Waals surface area contributed by atoms with E-state index in [2.05, 4.69) is 0 Å². The summed E-state index contributed by atoms with van der Waals surface area (Å²) in [4.78, 5) is 22.4. The molecule has 0 spiro atoms. The van der Waals surface area contributed by atoms with Gasteiger partial charge in [-0.05, 0) is 43.3 Å². The van der Waals surface area contributed by atoms with Gasteiger partial charge in [-0.3, -0.25) is 9.59 Å². The molecule has 0 aliphatic rings. The number of aryl methyl sites for hydroxylation is 1. The second-order valence-electron chi connectivity index (χ2n) is 5.03. The number of amides is 1. The molecule has 0 saturated heterocycles. The van der Waals surface area contributed by atoms with Crippen LogP contribution in [0, 0.1) is 0 Å². The molecule has 0 aliphatic carbocycles. The lowest BCUT2D eigenvalue weighted by Gasteiger charge is -2.08. The fourth-order valence-electron chi connectivity index (χ4n) is 1.96. The maximum absolute atomic E-state index is 11.6. The Balaban J connectivity index is 1.91. The average Bonchev–Trinajstić information content (AvgIpc) is 3.02. The van der Waals surface area contributed by atoms with Crippen LogP contribution in [-0.4, -0.2) is 25.1 Å². The monoisotopic (exact) mass is 317 g/mol. The molecule has 0 unspecified atom stereocenters. The molecule has 6 heteroatoms. The van der Waals surface area contributed by atoms with Gasteiger partial charge in [0.25, 0.3) is 5.91 Å². The number of esters is 1. The second kappa shape index (κ2) is 7.49. The van der Waals surface area contributed by atoms with Gasteiger partial charge in [0.1, 0.15) is 17.3 Å². The van der Waals surface area contributed by atoms with E-state index in [1.807, 2.05) is 36.4 Å². The van der Waals surface area contributed by atoms with Crippen LogP contribution < -0.4 is 10.5 Å². The number of nitrogens with two attached hydrogens (primary N) is 1. The first kappa shape index (κ1) is 16.6. The van der Waals surface area contributed by atoms with E-state index in [0.29, 0.717) is 17.9 Å². The van der Waals surface area contributed by atoms with Gasteiger partial charge in [0.2, 0.25) is 0 Å². The Kier molecular flexibility index (Phi) is 5.41. The first-order valence-corrected chi connectivity index (χ1v) is 7.21. The van der Waals surface area contributed by atoms with E-state index < -0.39 is 18.0 Å². The molecule has 1 heterocycles. The Labute approximate surface area is 134 Å². The number of furan rings is 1. The van der Waals surface area contributed by atoms with Gasteiger partial charge in [0.05, 0.1) is 13.5 Å². The normalized spacial score (nSPS) is 11.7. The minimum atomic E-state index is -0.922. The highest BCUT2D eigenvalue weighted by atomic mass is 16.5. The van der Waals surface area contributed by atoms with E-state index >= 15 is 0 Å². The van der Waals surface area contributed by atoms with Gasteiger partial charge in [-0.15, -0.1) is 0 Å². The molecule has 1 aromatic heterocycles. The van der Waals surface area contributed by atoms with Crippen molar-refractivity contribution in [1.29, 1.82) is 0 Å². The standard InChI is InChI=1S/C17H19NO5/c1-11(17(18)20)22-16(19)10-8-14-7-9-15(23-14)12-3-5-13(21-2)6-4-12/h3-7,9,11H,8,10H2,1-2H3,(H2,18,20)/t11-/m0/s1. The molecular formula is C17H19NO5. The van der Waals surface area contributed by atoms with Crippen LogP contribution in [0.15, 0.2) is 40.8 Å². The smallest absolute Gasteiger partial charge is 0.307 e. The first-order chi connectivity index (χ1) is 11.0. The zero-order valence-electron chi connectivity index (χ0n) is 13.1. The van der Waals surface area contributed by atoms with E-state index in [9.17, 15) is 9.59 Å². The summed E-state index contributed by atoms with van der Waals surface area (Å²) in [5.74, 6) is 0.990. The second-order valence-corrected chi connectivity index (χ2v) is 5.03. The van der Waals surface area contributed by atoms with Crippen LogP contribution in [0.4, 0.5) is 0 Å². The number of hydrogen-bond acceptors (Lipinski definition) is 5. The van der Waals surface area contributed by atoms with Gasteiger partial charge in [0, 0.05) is 12.0 Å². The minimum Gasteiger partial charge on any atom is -0.497 e. The highest BCUT2D eigenvalue weighted by Crippen LogP contribution is 2.25. The largest absolute Gasteiger partial charge is 0.497 e. The van der Waals surface area contributed by atoms with Gasteiger partial charge < -0.3 is 19.6 Å². The van der Waals surface area contributed by atoms with E-state index in [-0.39, 0.29) is 6.42 Å². The molecule has 0 aliphatic heterocycles. The molecule has 122 valence electrons. The third kappa shape index (κ3) is 4.60. The molecule has 23 heavy (non-hydrogen) atoms. The molecule has 2 aromatic rings. The van der Waals surface area contributed by atoms with Crippen LogP contribution >= 0.6 is 0 Å². The number of methoxy groups -OCH3 is 1. The zero-order chi connectivity index (χ0) is 16.8. The van der Waals surface area contributed by atoms with Crippen molar-refractivity contribution in [3.63, 3.8) is 0 Å². The summed E-state index contributed by atoms with van der Waals surface area (Å²) < 4.78 is 15.7. The van der Waals surface area contributed by atoms with Crippen LogP contribution in [0.25, 0.3) is 11.3 Å². The van der Waals surface area contributed by atoms with Crippen molar-refractivity contribution in [2.75, 3.05) is 7.11 Å². The summed E-state index contributed by atoms with van der Waals surface area (Å²) in [5.41, 5.74) is 5.95. The molecule has 6 nitrogen and oxygen atoms in total. The van der Waals surface area contributed by atoms with Crippen molar-refractivity contribution in [2.24, 2.45) is 5.73 Å². The molecule has 1 aromatic carbocycles. The van der Waals surface area contributed by atoms with Gasteiger partial charge in [0.15, 0.2) is 6.10 Å². The quantitative estimate of drug-likeness (QED) is 0.791. The third-order valence-corrected chi connectivity index (χ3v) is 3.32. The lowest BCUT2D eigenvalue weighted by atomic mass is 10.2. The van der Waals surface area contributed by atoms with Gasteiger partial charge >= 0.3 is 5.97 Å². The van der Waals surface area contributed by atoms with Gasteiger partial charge in [-0.2, -0.15) is 0 Å². The number of carbonyl (C=O) groups is 2. The molecule has 1 amide bonds. The van der Waals surface area contributed by atoms with Crippen LogP contribution in [0.1, 0.15) is 19.1 Å². The summed E-state index contributed by atoms with van der Waals surface area (Å²) in [6.07, 6.45) is -0.415. The van der Waals surface area contributed by atoms with Gasteiger partial charge in [-0.25, -0.2) is 0 Å². The SMILES string of the molecule is COc1ccc(-c2ccc(CCC(=O)O[C@@H](C)C(N)=O)o2)cc1. The van der Waals surface area contributed by atoms with Crippen molar-refractivity contribution < 1.29 is 23.5 Å². The Morgan fingerprint density at radius 3 is 2.48 bits per heavy atom. The first-order valence-electron chi connectivity index (χ1n) is 7.21. The number of primary amides is 1. The summed E-state index contributed by atoms with van der Waals surface area (Å²) in [6.45, 7) is 1.44. The maximum Gasteiger partial charge on any atom is 0.307 e. The van der Waals surface area contributed by atoms with E-state index in [0.717, 1.165) is 11.3 Å². The van der Waals surface area contributed by atoms with Crippen LogP contribution in [0.2, 0.25) is 0 Å². The van der Waals surface area contributed by atoms with E-state index in [1.54, 1.807) is 7.11 Å². The van der Waals surface area contributed by atoms with E-state index in [1.165, 1.54) is 6.92 Å². The summed E-state index contributed by atoms with van der Waals surface area (Å²) in [6, 6.07) is 11.1. The molecule has 0 radical (unpaired) electrons. The number of hydrogen-bond donors (Lipinski definition) is 1. The predicted octanol–water partition coefficient (Wildman–Crippen LogP) is 2.30. The minimum absolute atomic E-state index is 0.118. The van der Waals surface area contributed by atoms with Crippen molar-refractivity contribution in [3.05, 3.63) is 42.2 Å². The summed E-state index contributed by atoms with van der Waals surface area (Å²) in [7, 11) is 1.61. The molecule has 2 rings (SSSR count). The Bertz CT molecular complexity index is 675. The fraction of sp³-hybridized carbons (Fsp3) is 0.294. The van der Waals surface area contributed by atoms with Crippen molar-refractivity contribution in [3.8, 4) is 17.1 Å². The zero-order valence-corrected chi connectivity index (χ0v) is 13.1. The number of rotatable bonds is 7. The molecule has 1 atom stereocenters. The number of carbonyl (C=O) groups excluding carboxylic acids is 2. The van der Waals surface area contributed by atoms with Gasteiger partial charge in [-0.1, -0.05) is 0 Å². The molecule has 2 N–H and O–H groups in total. The summed E-state index contributed by atoms with van der Waals surface area (Å²) >= 11 is 0. The number of benzene rings is 1. The fourth-order valence-corrected chi connectivity index (χ4v) is 1.96. The highest BCUT2D eigenvalue weighted by Gasteiger charge is 2.15. The maximum atomic E-state index is 11.6. The van der Waals surface area contributed by atoms with Crippen LogP contribution in [-0.2, 0) is 20.7 Å². The van der Waals surface area contributed by atoms with Crippen LogP contribution in [0.5, 0.6) is 5.75 Å². The third-order valence-electron chi connectivity index (χ3n) is 3.32. The van der Waals surface area contributed by atoms with Crippen molar-refractivity contribution in [2.45, 2.75) is 25.9 Å². The molecule has 0 saturated carbocycles. The van der Waals surface area contributed by atoms with Crippen molar-refractivity contribution in [1.82, 2.24) is 0 Å². The molecular weight excluding hydrogens is 298 g/mol. The number of ether oxygens (including phenoxy) is 2.